The fourth-order valence-corrected chi connectivity index (χ4v) is 3.63. The lowest BCUT2D eigenvalue weighted by Crippen LogP contribution is -2.09. The van der Waals surface area contributed by atoms with Gasteiger partial charge in [0.15, 0.2) is 0 Å². The van der Waals surface area contributed by atoms with E-state index in [2.05, 4.69) is 55.6 Å². The van der Waals surface area contributed by atoms with Crippen LogP contribution in [-0.2, 0) is 0 Å². The molecule has 21 heavy (non-hydrogen) atoms. The molecule has 0 fully saturated rings. The van der Waals surface area contributed by atoms with Crippen molar-refractivity contribution in [1.82, 2.24) is 5.32 Å². The maximum absolute atomic E-state index is 3.24. The van der Waals surface area contributed by atoms with Gasteiger partial charge in [-0.2, -0.15) is 0 Å². The largest absolute Gasteiger partial charge is 0.320 e. The van der Waals surface area contributed by atoms with Crippen molar-refractivity contribution in [2.45, 2.75) is 89.4 Å². The minimum absolute atomic E-state index is 0.868. The van der Waals surface area contributed by atoms with Gasteiger partial charge in [-0.05, 0) is 63.5 Å². The molecule has 3 atom stereocenters. The summed E-state index contributed by atoms with van der Waals surface area (Å²) in [5.74, 6) is 2.70. The van der Waals surface area contributed by atoms with Crippen molar-refractivity contribution in [1.29, 1.82) is 0 Å². The van der Waals surface area contributed by atoms with Crippen molar-refractivity contribution in [3.8, 4) is 0 Å². The summed E-state index contributed by atoms with van der Waals surface area (Å²) < 4.78 is 0.897. The van der Waals surface area contributed by atoms with Crippen LogP contribution in [0.5, 0.6) is 0 Å². The Kier molecular flexibility index (Phi) is 14.8. The molecule has 0 aliphatic rings. The summed E-state index contributed by atoms with van der Waals surface area (Å²) in [4.78, 5) is 0. The van der Waals surface area contributed by atoms with E-state index in [1.807, 2.05) is 7.05 Å². The topological polar surface area (TPSA) is 12.0 Å². The molecule has 0 saturated carbocycles. The van der Waals surface area contributed by atoms with Gasteiger partial charge in [-0.15, -0.1) is 0 Å². The lowest BCUT2D eigenvalue weighted by molar-refractivity contribution is 0.408. The molecule has 1 nitrogen and oxygen atoms in total. The second-order valence-corrected chi connectivity index (χ2v) is 9.29. The van der Waals surface area contributed by atoms with Crippen LogP contribution in [-0.4, -0.2) is 17.5 Å². The Morgan fingerprint density at radius 2 is 1.29 bits per heavy atom. The average Bonchev–Trinajstić information content (AvgIpc) is 2.43. The van der Waals surface area contributed by atoms with Gasteiger partial charge in [0.2, 0.25) is 0 Å². The zero-order valence-electron chi connectivity index (χ0n) is 15.3. The van der Waals surface area contributed by atoms with Gasteiger partial charge in [-0.25, -0.2) is 0 Å². The van der Waals surface area contributed by atoms with Gasteiger partial charge < -0.3 is 5.32 Å². The van der Waals surface area contributed by atoms with E-state index in [1.54, 1.807) is 0 Å². The molecule has 0 aliphatic heterocycles. The van der Waals surface area contributed by atoms with E-state index in [0.717, 1.165) is 21.7 Å². The van der Waals surface area contributed by atoms with E-state index >= 15 is 0 Å². The van der Waals surface area contributed by atoms with Crippen LogP contribution in [0.25, 0.3) is 0 Å². The quantitative estimate of drug-likeness (QED) is 0.198. The van der Waals surface area contributed by atoms with E-state index in [-0.39, 0.29) is 0 Å². The molecule has 128 valence electrons. The van der Waals surface area contributed by atoms with E-state index in [9.17, 15) is 0 Å². The Hall–Kier alpha value is 0.690. The van der Waals surface area contributed by atoms with Crippen LogP contribution < -0.4 is 5.32 Å². The first kappa shape index (κ1) is 21.7. The highest BCUT2D eigenvalue weighted by Crippen LogP contribution is 2.24. The fraction of sp³-hybridized carbons (Fsp3) is 1.00. The third-order valence-electron chi connectivity index (χ3n) is 4.55. The first-order chi connectivity index (χ1) is 9.95. The number of alkyl halides is 1. The second-order valence-electron chi connectivity index (χ2n) is 7.53. The lowest BCUT2D eigenvalue weighted by Gasteiger charge is -2.16. The molecule has 0 aliphatic carbocycles. The molecule has 0 aromatic carbocycles. The smallest absolute Gasteiger partial charge is 0.0110 e. The zero-order chi connectivity index (χ0) is 16.1. The molecular weight excluding hydrogens is 369 g/mol. The maximum Gasteiger partial charge on any atom is 0.0110 e. The molecule has 3 unspecified atom stereocenters. The molecular formula is C19H40IN. The molecule has 0 amide bonds. The van der Waals surface area contributed by atoms with Crippen LogP contribution in [0.4, 0.5) is 0 Å². The Labute approximate surface area is 148 Å². The first-order valence-corrected chi connectivity index (χ1v) is 10.5. The highest BCUT2D eigenvalue weighted by molar-refractivity contribution is 14.1. The number of hydrogen-bond donors (Lipinski definition) is 1. The predicted molar refractivity (Wildman–Crippen MR) is 106 cm³/mol. The van der Waals surface area contributed by atoms with Crippen molar-refractivity contribution in [2.24, 2.45) is 17.8 Å². The van der Waals surface area contributed by atoms with Crippen LogP contribution in [0.2, 0.25) is 0 Å². The summed E-state index contributed by atoms with van der Waals surface area (Å²) in [5, 5.41) is 3.24. The maximum atomic E-state index is 3.24. The molecule has 1 N–H and O–H groups in total. The predicted octanol–water partition coefficient (Wildman–Crippen LogP) is 6.45. The summed E-state index contributed by atoms with van der Waals surface area (Å²) in [7, 11) is 2.05. The Morgan fingerprint density at radius 3 is 1.90 bits per heavy atom. The van der Waals surface area contributed by atoms with Gasteiger partial charge in [-0.1, -0.05) is 76.0 Å². The SMILES string of the molecule is CNCCCC(C)CCCC(I)CCC(C)CCC(C)C. The van der Waals surface area contributed by atoms with E-state index in [4.69, 9.17) is 0 Å². The number of halogens is 1. The first-order valence-electron chi connectivity index (χ1n) is 9.24. The van der Waals surface area contributed by atoms with Crippen molar-refractivity contribution >= 4 is 22.6 Å². The zero-order valence-corrected chi connectivity index (χ0v) is 17.4. The summed E-state index contributed by atoms with van der Waals surface area (Å²) in [5.41, 5.74) is 0. The summed E-state index contributed by atoms with van der Waals surface area (Å²) >= 11 is 2.69. The highest BCUT2D eigenvalue weighted by atomic mass is 127. The average molecular weight is 409 g/mol. The third-order valence-corrected chi connectivity index (χ3v) is 5.79. The van der Waals surface area contributed by atoms with Crippen molar-refractivity contribution in [3.63, 3.8) is 0 Å². The normalized spacial score (nSPS) is 16.1. The van der Waals surface area contributed by atoms with Gasteiger partial charge in [0, 0.05) is 3.92 Å². The van der Waals surface area contributed by atoms with Gasteiger partial charge >= 0.3 is 0 Å². The standard InChI is InChI=1S/C19H40IN/c1-16(2)11-12-18(4)13-14-19(20)10-6-8-17(3)9-7-15-21-5/h16-19,21H,6-15H2,1-5H3. The number of rotatable bonds is 14. The summed E-state index contributed by atoms with van der Waals surface area (Å²) in [6.45, 7) is 10.7. The van der Waals surface area contributed by atoms with Crippen LogP contribution in [0.1, 0.15) is 85.5 Å². The second kappa shape index (κ2) is 14.3. The molecule has 0 spiro atoms. The highest BCUT2D eigenvalue weighted by Gasteiger charge is 2.10. The Balaban J connectivity index is 3.50. The van der Waals surface area contributed by atoms with E-state index in [1.165, 1.54) is 64.3 Å². The van der Waals surface area contributed by atoms with Crippen LogP contribution >= 0.6 is 22.6 Å². The molecule has 0 bridgehead atoms. The Bertz CT molecular complexity index is 218. The molecule has 0 heterocycles. The molecule has 0 aromatic rings. The van der Waals surface area contributed by atoms with Crippen LogP contribution in [0, 0.1) is 17.8 Å². The number of hydrogen-bond acceptors (Lipinski definition) is 1. The number of nitrogens with one attached hydrogen (secondary N) is 1. The molecule has 0 rings (SSSR count). The third kappa shape index (κ3) is 15.4. The summed E-state index contributed by atoms with van der Waals surface area (Å²) in [6, 6.07) is 0. The molecule has 0 saturated heterocycles. The van der Waals surface area contributed by atoms with Gasteiger partial charge in [-0.3, -0.25) is 0 Å². The van der Waals surface area contributed by atoms with Crippen LogP contribution in [0.3, 0.4) is 0 Å². The van der Waals surface area contributed by atoms with Crippen LogP contribution in [0.15, 0.2) is 0 Å². The van der Waals surface area contributed by atoms with Crippen molar-refractivity contribution < 1.29 is 0 Å². The van der Waals surface area contributed by atoms with E-state index < -0.39 is 0 Å². The van der Waals surface area contributed by atoms with E-state index in [0.29, 0.717) is 0 Å². The van der Waals surface area contributed by atoms with Gasteiger partial charge in [0.05, 0.1) is 0 Å². The minimum Gasteiger partial charge on any atom is -0.320 e. The Morgan fingerprint density at radius 1 is 0.714 bits per heavy atom. The lowest BCUT2D eigenvalue weighted by atomic mass is 9.93. The molecule has 2 heteroatoms. The monoisotopic (exact) mass is 409 g/mol. The fourth-order valence-electron chi connectivity index (χ4n) is 2.83. The van der Waals surface area contributed by atoms with Gasteiger partial charge in [0.1, 0.15) is 0 Å². The molecule has 0 aromatic heterocycles. The summed E-state index contributed by atoms with van der Waals surface area (Å²) in [6.07, 6.45) is 12.7. The van der Waals surface area contributed by atoms with Crippen molar-refractivity contribution in [3.05, 3.63) is 0 Å². The van der Waals surface area contributed by atoms with Gasteiger partial charge in [0.25, 0.3) is 0 Å². The van der Waals surface area contributed by atoms with Crippen molar-refractivity contribution in [2.75, 3.05) is 13.6 Å². The minimum atomic E-state index is 0.868. The molecule has 0 radical (unpaired) electrons.